The SMILES string of the molecule is O=S(=O)(O)c1cccc2c1NCCC2. The van der Waals surface area contributed by atoms with Crippen molar-refractivity contribution in [3.8, 4) is 0 Å². The van der Waals surface area contributed by atoms with E-state index in [9.17, 15) is 8.42 Å². The fourth-order valence-electron chi connectivity index (χ4n) is 1.69. The highest BCUT2D eigenvalue weighted by atomic mass is 32.2. The molecule has 14 heavy (non-hydrogen) atoms. The predicted octanol–water partition coefficient (Wildman–Crippen LogP) is 1.29. The van der Waals surface area contributed by atoms with E-state index in [-0.39, 0.29) is 4.90 Å². The maximum absolute atomic E-state index is 11.0. The second kappa shape index (κ2) is 3.25. The maximum atomic E-state index is 11.0. The third-order valence-corrected chi connectivity index (χ3v) is 3.21. The molecule has 0 aliphatic carbocycles. The van der Waals surface area contributed by atoms with E-state index in [1.165, 1.54) is 6.07 Å². The summed E-state index contributed by atoms with van der Waals surface area (Å²) in [5.74, 6) is 0. The number of aryl methyl sites for hydroxylation is 1. The molecule has 0 saturated carbocycles. The van der Waals surface area contributed by atoms with Crippen molar-refractivity contribution in [2.75, 3.05) is 11.9 Å². The molecule has 1 heterocycles. The average molecular weight is 213 g/mol. The number of nitrogens with one attached hydrogen (secondary N) is 1. The van der Waals surface area contributed by atoms with Gasteiger partial charge in [-0.15, -0.1) is 0 Å². The monoisotopic (exact) mass is 213 g/mol. The molecule has 1 aromatic carbocycles. The van der Waals surface area contributed by atoms with E-state index in [2.05, 4.69) is 5.32 Å². The first-order chi connectivity index (χ1) is 6.59. The van der Waals surface area contributed by atoms with Crippen LogP contribution in [0.4, 0.5) is 5.69 Å². The molecule has 5 heteroatoms. The second-order valence-electron chi connectivity index (χ2n) is 3.30. The van der Waals surface area contributed by atoms with Crippen molar-refractivity contribution < 1.29 is 13.0 Å². The van der Waals surface area contributed by atoms with E-state index in [4.69, 9.17) is 4.55 Å². The molecule has 2 N–H and O–H groups in total. The lowest BCUT2D eigenvalue weighted by Gasteiger charge is -2.19. The van der Waals surface area contributed by atoms with Gasteiger partial charge in [0.05, 0.1) is 5.69 Å². The van der Waals surface area contributed by atoms with Gasteiger partial charge in [-0.05, 0) is 24.5 Å². The smallest absolute Gasteiger partial charge is 0.296 e. The summed E-state index contributed by atoms with van der Waals surface area (Å²) in [6.07, 6.45) is 1.84. The van der Waals surface area contributed by atoms with Crippen LogP contribution in [0.1, 0.15) is 12.0 Å². The average Bonchev–Trinajstić information content (AvgIpc) is 2.15. The topological polar surface area (TPSA) is 66.4 Å². The van der Waals surface area contributed by atoms with Gasteiger partial charge in [-0.2, -0.15) is 8.42 Å². The Hall–Kier alpha value is -1.07. The molecular formula is C9H11NO3S. The summed E-state index contributed by atoms with van der Waals surface area (Å²) >= 11 is 0. The quantitative estimate of drug-likeness (QED) is 0.690. The van der Waals surface area contributed by atoms with Crippen molar-refractivity contribution in [1.29, 1.82) is 0 Å². The Kier molecular flexibility index (Phi) is 2.20. The lowest BCUT2D eigenvalue weighted by Crippen LogP contribution is -2.15. The molecule has 0 bridgehead atoms. The lowest BCUT2D eigenvalue weighted by atomic mass is 10.0. The Balaban J connectivity index is 2.62. The fraction of sp³-hybridized carbons (Fsp3) is 0.333. The van der Waals surface area contributed by atoms with Gasteiger partial charge in [-0.1, -0.05) is 12.1 Å². The van der Waals surface area contributed by atoms with Crippen LogP contribution in [0.2, 0.25) is 0 Å². The van der Waals surface area contributed by atoms with Gasteiger partial charge in [0.15, 0.2) is 0 Å². The highest BCUT2D eigenvalue weighted by Gasteiger charge is 2.19. The number of hydrogen-bond acceptors (Lipinski definition) is 3. The molecule has 0 radical (unpaired) electrons. The van der Waals surface area contributed by atoms with Crippen molar-refractivity contribution in [3.63, 3.8) is 0 Å². The number of anilines is 1. The number of benzene rings is 1. The predicted molar refractivity (Wildman–Crippen MR) is 53.1 cm³/mol. The molecule has 0 amide bonds. The minimum Gasteiger partial charge on any atom is -0.384 e. The van der Waals surface area contributed by atoms with Gasteiger partial charge in [-0.25, -0.2) is 0 Å². The molecule has 0 fully saturated rings. The summed E-state index contributed by atoms with van der Waals surface area (Å²) in [6.45, 7) is 0.750. The van der Waals surface area contributed by atoms with E-state index in [0.29, 0.717) is 5.69 Å². The second-order valence-corrected chi connectivity index (χ2v) is 4.69. The summed E-state index contributed by atoms with van der Waals surface area (Å²) < 4.78 is 31.0. The van der Waals surface area contributed by atoms with Crippen LogP contribution in [0.5, 0.6) is 0 Å². The molecule has 1 aliphatic rings. The van der Waals surface area contributed by atoms with Crippen molar-refractivity contribution in [3.05, 3.63) is 23.8 Å². The molecule has 0 atom stereocenters. The van der Waals surface area contributed by atoms with E-state index in [1.807, 2.05) is 6.07 Å². The zero-order valence-electron chi connectivity index (χ0n) is 7.53. The van der Waals surface area contributed by atoms with Crippen molar-refractivity contribution in [2.45, 2.75) is 17.7 Å². The largest absolute Gasteiger partial charge is 0.384 e. The van der Waals surface area contributed by atoms with E-state index < -0.39 is 10.1 Å². The van der Waals surface area contributed by atoms with Gasteiger partial charge in [-0.3, -0.25) is 4.55 Å². The van der Waals surface area contributed by atoms with Crippen LogP contribution in [-0.4, -0.2) is 19.5 Å². The van der Waals surface area contributed by atoms with Gasteiger partial charge in [0.2, 0.25) is 0 Å². The third kappa shape index (κ3) is 1.60. The first-order valence-electron chi connectivity index (χ1n) is 4.42. The molecule has 0 aromatic heterocycles. The maximum Gasteiger partial charge on any atom is 0.296 e. The van der Waals surface area contributed by atoms with Gasteiger partial charge in [0, 0.05) is 6.54 Å². The highest BCUT2D eigenvalue weighted by Crippen LogP contribution is 2.28. The summed E-state index contributed by atoms with van der Waals surface area (Å²) in [5.41, 5.74) is 1.51. The molecule has 76 valence electrons. The van der Waals surface area contributed by atoms with E-state index in [0.717, 1.165) is 24.9 Å². The molecule has 0 spiro atoms. The number of rotatable bonds is 1. The Morgan fingerprint density at radius 1 is 1.36 bits per heavy atom. The Morgan fingerprint density at radius 3 is 2.86 bits per heavy atom. The molecule has 1 aliphatic heterocycles. The molecule has 4 nitrogen and oxygen atoms in total. The van der Waals surface area contributed by atoms with Gasteiger partial charge in [0.25, 0.3) is 10.1 Å². The van der Waals surface area contributed by atoms with Crippen molar-refractivity contribution in [2.24, 2.45) is 0 Å². The van der Waals surface area contributed by atoms with Gasteiger partial charge < -0.3 is 5.32 Å². The molecular weight excluding hydrogens is 202 g/mol. The number of hydrogen-bond donors (Lipinski definition) is 2. The number of para-hydroxylation sites is 1. The molecule has 0 unspecified atom stereocenters. The minimum absolute atomic E-state index is 0.0188. The van der Waals surface area contributed by atoms with Crippen LogP contribution in [0.25, 0.3) is 0 Å². The third-order valence-electron chi connectivity index (χ3n) is 2.32. The van der Waals surface area contributed by atoms with E-state index in [1.54, 1.807) is 6.07 Å². The first-order valence-corrected chi connectivity index (χ1v) is 5.86. The highest BCUT2D eigenvalue weighted by molar-refractivity contribution is 7.86. The van der Waals surface area contributed by atoms with Crippen LogP contribution < -0.4 is 5.32 Å². The zero-order chi connectivity index (χ0) is 10.2. The Bertz CT molecular complexity index is 453. The molecule has 1 aromatic rings. The lowest BCUT2D eigenvalue weighted by molar-refractivity contribution is 0.483. The Labute approximate surface area is 82.7 Å². The van der Waals surface area contributed by atoms with Gasteiger partial charge in [0.1, 0.15) is 4.90 Å². The normalized spacial score (nSPS) is 15.8. The number of fused-ring (bicyclic) bond motifs is 1. The summed E-state index contributed by atoms with van der Waals surface area (Å²) in [5, 5.41) is 3.00. The standard InChI is InChI=1S/C9H11NO3S/c11-14(12,13)8-5-1-3-7-4-2-6-10-9(7)8/h1,3,5,10H,2,4,6H2,(H,11,12,13). The summed E-state index contributed by atoms with van der Waals surface area (Å²) in [4.78, 5) is -0.0188. The van der Waals surface area contributed by atoms with Crippen LogP contribution in [0, 0.1) is 0 Å². The fourth-order valence-corrected chi connectivity index (χ4v) is 2.40. The van der Waals surface area contributed by atoms with E-state index >= 15 is 0 Å². The summed E-state index contributed by atoms with van der Waals surface area (Å²) in [6, 6.07) is 4.93. The van der Waals surface area contributed by atoms with Gasteiger partial charge >= 0.3 is 0 Å². The first kappa shape index (κ1) is 9.48. The zero-order valence-corrected chi connectivity index (χ0v) is 8.34. The molecule has 2 rings (SSSR count). The summed E-state index contributed by atoms with van der Waals surface area (Å²) in [7, 11) is -4.11. The van der Waals surface area contributed by atoms with Crippen molar-refractivity contribution in [1.82, 2.24) is 0 Å². The van der Waals surface area contributed by atoms with Crippen molar-refractivity contribution >= 4 is 15.8 Å². The Morgan fingerprint density at radius 2 is 2.14 bits per heavy atom. The molecule has 0 saturated heterocycles. The van der Waals surface area contributed by atoms with Crippen LogP contribution in [0.3, 0.4) is 0 Å². The van der Waals surface area contributed by atoms with Crippen LogP contribution in [0.15, 0.2) is 23.1 Å². The van der Waals surface area contributed by atoms with Crippen LogP contribution in [-0.2, 0) is 16.5 Å². The minimum atomic E-state index is -4.11. The van der Waals surface area contributed by atoms with Crippen LogP contribution >= 0.6 is 0 Å².